The van der Waals surface area contributed by atoms with Crippen molar-refractivity contribution in [1.82, 2.24) is 0 Å². The summed E-state index contributed by atoms with van der Waals surface area (Å²) >= 11 is 0. The first-order chi connectivity index (χ1) is 5.07. The maximum absolute atomic E-state index is 10.5. The SMILES string of the molecule is NCC1(O)CCC(C(=O)O)C1. The number of hydrogen-bond donors (Lipinski definition) is 3. The van der Waals surface area contributed by atoms with E-state index in [1.165, 1.54) is 0 Å². The van der Waals surface area contributed by atoms with Crippen molar-refractivity contribution in [2.45, 2.75) is 24.9 Å². The van der Waals surface area contributed by atoms with E-state index < -0.39 is 17.5 Å². The predicted molar refractivity (Wildman–Crippen MR) is 39.0 cm³/mol. The molecule has 1 saturated carbocycles. The molecule has 4 nitrogen and oxygen atoms in total. The Bertz CT molecular complexity index is 171. The summed E-state index contributed by atoms with van der Waals surface area (Å²) in [6.45, 7) is 0.163. The molecular weight excluding hydrogens is 146 g/mol. The van der Waals surface area contributed by atoms with Crippen LogP contribution in [0.15, 0.2) is 0 Å². The molecule has 0 heterocycles. The Kier molecular flexibility index (Phi) is 2.15. The summed E-state index contributed by atoms with van der Waals surface area (Å²) < 4.78 is 0. The summed E-state index contributed by atoms with van der Waals surface area (Å²) in [6.07, 6.45) is 1.36. The van der Waals surface area contributed by atoms with Gasteiger partial charge in [-0.1, -0.05) is 0 Å². The first-order valence-corrected chi connectivity index (χ1v) is 3.73. The van der Waals surface area contributed by atoms with Crippen LogP contribution in [-0.4, -0.2) is 28.3 Å². The van der Waals surface area contributed by atoms with Crippen molar-refractivity contribution in [1.29, 1.82) is 0 Å². The Hall–Kier alpha value is -0.610. The second-order valence-electron chi connectivity index (χ2n) is 3.21. The van der Waals surface area contributed by atoms with Gasteiger partial charge in [0.2, 0.25) is 0 Å². The molecule has 64 valence electrons. The molecule has 0 amide bonds. The van der Waals surface area contributed by atoms with Crippen molar-refractivity contribution in [2.24, 2.45) is 11.7 Å². The maximum Gasteiger partial charge on any atom is 0.306 e. The zero-order chi connectivity index (χ0) is 8.48. The van der Waals surface area contributed by atoms with Crippen LogP contribution in [0.5, 0.6) is 0 Å². The third-order valence-electron chi connectivity index (χ3n) is 2.31. The number of nitrogens with two attached hydrogens (primary N) is 1. The van der Waals surface area contributed by atoms with Gasteiger partial charge in [0.25, 0.3) is 0 Å². The first kappa shape index (κ1) is 8.49. The van der Waals surface area contributed by atoms with E-state index in [2.05, 4.69) is 0 Å². The van der Waals surface area contributed by atoms with Gasteiger partial charge in [-0.3, -0.25) is 4.79 Å². The lowest BCUT2D eigenvalue weighted by Gasteiger charge is -2.18. The number of rotatable bonds is 2. The summed E-state index contributed by atoms with van der Waals surface area (Å²) in [5, 5.41) is 18.1. The fourth-order valence-corrected chi connectivity index (χ4v) is 1.50. The summed E-state index contributed by atoms with van der Waals surface area (Å²) in [4.78, 5) is 10.5. The number of carboxylic acids is 1. The Labute approximate surface area is 65.0 Å². The third kappa shape index (κ3) is 1.70. The van der Waals surface area contributed by atoms with Crippen LogP contribution >= 0.6 is 0 Å². The van der Waals surface area contributed by atoms with Crippen LogP contribution in [0.2, 0.25) is 0 Å². The molecule has 0 aromatic carbocycles. The lowest BCUT2D eigenvalue weighted by atomic mass is 10.0. The van der Waals surface area contributed by atoms with Gasteiger partial charge in [-0.25, -0.2) is 0 Å². The fraction of sp³-hybridized carbons (Fsp3) is 0.857. The molecule has 0 radical (unpaired) electrons. The van der Waals surface area contributed by atoms with Gasteiger partial charge in [0.1, 0.15) is 0 Å². The molecular formula is C7H13NO3. The highest BCUT2D eigenvalue weighted by Gasteiger charge is 2.39. The Morgan fingerprint density at radius 3 is 2.64 bits per heavy atom. The van der Waals surface area contributed by atoms with Crippen LogP contribution in [-0.2, 0) is 4.79 Å². The van der Waals surface area contributed by atoms with Crippen LogP contribution < -0.4 is 5.73 Å². The van der Waals surface area contributed by atoms with E-state index in [4.69, 9.17) is 10.8 Å². The number of aliphatic hydroxyl groups is 1. The van der Waals surface area contributed by atoms with Gasteiger partial charge in [0, 0.05) is 6.54 Å². The summed E-state index contributed by atoms with van der Waals surface area (Å²) in [7, 11) is 0. The van der Waals surface area contributed by atoms with Gasteiger partial charge in [-0.15, -0.1) is 0 Å². The smallest absolute Gasteiger partial charge is 0.306 e. The number of hydrogen-bond acceptors (Lipinski definition) is 3. The molecule has 0 spiro atoms. The molecule has 4 N–H and O–H groups in total. The van der Waals surface area contributed by atoms with Gasteiger partial charge >= 0.3 is 5.97 Å². The molecule has 0 saturated heterocycles. The van der Waals surface area contributed by atoms with Gasteiger partial charge in [-0.2, -0.15) is 0 Å². The Morgan fingerprint density at radius 1 is 1.73 bits per heavy atom. The minimum atomic E-state index is -0.914. The third-order valence-corrected chi connectivity index (χ3v) is 2.31. The second-order valence-corrected chi connectivity index (χ2v) is 3.21. The highest BCUT2D eigenvalue weighted by atomic mass is 16.4. The van der Waals surface area contributed by atoms with Crippen molar-refractivity contribution in [3.8, 4) is 0 Å². The summed E-state index contributed by atoms with van der Waals surface area (Å²) in [5.74, 6) is -1.22. The first-order valence-electron chi connectivity index (χ1n) is 3.73. The zero-order valence-electron chi connectivity index (χ0n) is 6.29. The molecule has 1 fully saturated rings. The monoisotopic (exact) mass is 159 g/mol. The van der Waals surface area contributed by atoms with E-state index >= 15 is 0 Å². The molecule has 2 unspecified atom stereocenters. The van der Waals surface area contributed by atoms with E-state index in [0.717, 1.165) is 0 Å². The molecule has 1 rings (SSSR count). The molecule has 4 heteroatoms. The van der Waals surface area contributed by atoms with E-state index in [1.54, 1.807) is 0 Å². The van der Waals surface area contributed by atoms with Crippen molar-refractivity contribution < 1.29 is 15.0 Å². The Morgan fingerprint density at radius 2 is 2.36 bits per heavy atom. The van der Waals surface area contributed by atoms with Crippen LogP contribution in [0.25, 0.3) is 0 Å². The second kappa shape index (κ2) is 2.79. The van der Waals surface area contributed by atoms with Crippen LogP contribution in [0.1, 0.15) is 19.3 Å². The zero-order valence-corrected chi connectivity index (χ0v) is 6.29. The van der Waals surface area contributed by atoms with E-state index in [-0.39, 0.29) is 6.54 Å². The van der Waals surface area contributed by atoms with E-state index in [1.807, 2.05) is 0 Å². The molecule has 1 aliphatic carbocycles. The largest absolute Gasteiger partial charge is 0.481 e. The van der Waals surface area contributed by atoms with Crippen molar-refractivity contribution in [3.63, 3.8) is 0 Å². The van der Waals surface area contributed by atoms with Crippen molar-refractivity contribution in [3.05, 3.63) is 0 Å². The lowest BCUT2D eigenvalue weighted by molar-refractivity contribution is -0.142. The molecule has 0 aromatic rings. The van der Waals surface area contributed by atoms with E-state index in [9.17, 15) is 9.90 Å². The van der Waals surface area contributed by atoms with Gasteiger partial charge in [-0.05, 0) is 19.3 Å². The Balaban J connectivity index is 2.53. The molecule has 11 heavy (non-hydrogen) atoms. The molecule has 0 bridgehead atoms. The quantitative estimate of drug-likeness (QED) is 0.510. The van der Waals surface area contributed by atoms with Gasteiger partial charge in [0.15, 0.2) is 0 Å². The number of carbonyl (C=O) groups is 1. The summed E-state index contributed by atoms with van der Waals surface area (Å²) in [5.41, 5.74) is 4.37. The van der Waals surface area contributed by atoms with Crippen LogP contribution in [0.3, 0.4) is 0 Å². The van der Waals surface area contributed by atoms with Crippen LogP contribution in [0.4, 0.5) is 0 Å². The van der Waals surface area contributed by atoms with Gasteiger partial charge in [0.05, 0.1) is 11.5 Å². The van der Waals surface area contributed by atoms with Crippen molar-refractivity contribution in [2.75, 3.05) is 6.54 Å². The summed E-state index contributed by atoms with van der Waals surface area (Å²) in [6, 6.07) is 0. The molecule has 0 aromatic heterocycles. The molecule has 2 atom stereocenters. The highest BCUT2D eigenvalue weighted by molar-refractivity contribution is 5.70. The predicted octanol–water partition coefficient (Wildman–Crippen LogP) is -0.439. The minimum absolute atomic E-state index is 0.163. The average Bonchev–Trinajstić information content (AvgIpc) is 2.33. The van der Waals surface area contributed by atoms with E-state index in [0.29, 0.717) is 19.3 Å². The maximum atomic E-state index is 10.5. The fourth-order valence-electron chi connectivity index (χ4n) is 1.50. The minimum Gasteiger partial charge on any atom is -0.481 e. The molecule has 0 aliphatic heterocycles. The van der Waals surface area contributed by atoms with Gasteiger partial charge < -0.3 is 15.9 Å². The number of carboxylic acid groups (broad SMARTS) is 1. The standard InChI is InChI=1S/C7H13NO3/c8-4-7(11)2-1-5(3-7)6(9)10/h5,11H,1-4,8H2,(H,9,10). The average molecular weight is 159 g/mol. The highest BCUT2D eigenvalue weighted by Crippen LogP contribution is 2.33. The number of aliphatic carboxylic acids is 1. The lowest BCUT2D eigenvalue weighted by Crippen LogP contribution is -2.35. The van der Waals surface area contributed by atoms with Crippen molar-refractivity contribution >= 4 is 5.97 Å². The normalized spacial score (nSPS) is 37.5. The topological polar surface area (TPSA) is 83.5 Å². The molecule has 1 aliphatic rings. The van der Waals surface area contributed by atoms with Crippen LogP contribution in [0, 0.1) is 5.92 Å².